The maximum absolute atomic E-state index is 12.2. The van der Waals surface area contributed by atoms with E-state index in [1.807, 2.05) is 0 Å². The Bertz CT molecular complexity index is 467. The smallest absolute Gasteiger partial charge is 0.256 e. The highest BCUT2D eigenvalue weighted by Gasteiger charge is 2.24. The predicted octanol–water partition coefficient (Wildman–Crippen LogP) is -0.0319. The molecule has 2 N–H and O–H groups in total. The highest BCUT2D eigenvalue weighted by molar-refractivity contribution is 5.99. The summed E-state index contributed by atoms with van der Waals surface area (Å²) in [4.78, 5) is 30.7. The Hall–Kier alpha value is -2.11. The third-order valence-corrected chi connectivity index (χ3v) is 3.09. The van der Waals surface area contributed by atoms with Crippen molar-refractivity contribution in [2.75, 3.05) is 31.9 Å². The van der Waals surface area contributed by atoms with Crippen LogP contribution in [0.4, 0.5) is 5.69 Å². The fourth-order valence-corrected chi connectivity index (χ4v) is 2.00. The summed E-state index contributed by atoms with van der Waals surface area (Å²) in [5.74, 6) is -0.0522. The summed E-state index contributed by atoms with van der Waals surface area (Å²) in [5, 5.41) is 0. The van der Waals surface area contributed by atoms with E-state index < -0.39 is 0 Å². The molecule has 0 saturated carbocycles. The minimum absolute atomic E-state index is 0.0468. The van der Waals surface area contributed by atoms with E-state index in [-0.39, 0.29) is 11.8 Å². The van der Waals surface area contributed by atoms with Gasteiger partial charge >= 0.3 is 0 Å². The zero-order valence-electron chi connectivity index (χ0n) is 10.3. The van der Waals surface area contributed by atoms with E-state index in [0.717, 1.165) is 0 Å². The van der Waals surface area contributed by atoms with Gasteiger partial charge in [-0.05, 0) is 6.07 Å². The molecular weight excluding hydrogens is 232 g/mol. The molecule has 0 aliphatic carbocycles. The molecule has 0 spiro atoms. The number of rotatable bonds is 1. The van der Waals surface area contributed by atoms with Crippen LogP contribution in [0, 0.1) is 0 Å². The number of anilines is 1. The Morgan fingerprint density at radius 2 is 1.83 bits per heavy atom. The average molecular weight is 248 g/mol. The molecule has 18 heavy (non-hydrogen) atoms. The summed E-state index contributed by atoms with van der Waals surface area (Å²) in [6.45, 7) is 3.77. The van der Waals surface area contributed by atoms with Crippen molar-refractivity contribution in [2.45, 2.75) is 6.92 Å². The van der Waals surface area contributed by atoms with Crippen molar-refractivity contribution in [3.05, 3.63) is 24.0 Å². The number of carbonyl (C=O) groups excluding carboxylic acids is 2. The van der Waals surface area contributed by atoms with Crippen molar-refractivity contribution in [1.29, 1.82) is 0 Å². The molecule has 1 aliphatic heterocycles. The van der Waals surface area contributed by atoms with Gasteiger partial charge in [-0.3, -0.25) is 14.6 Å². The largest absolute Gasteiger partial charge is 0.397 e. The Kier molecular flexibility index (Phi) is 3.45. The fraction of sp³-hybridized carbons (Fsp3) is 0.417. The number of hydrogen-bond donors (Lipinski definition) is 1. The first-order valence-electron chi connectivity index (χ1n) is 5.84. The number of aromatic nitrogens is 1. The highest BCUT2D eigenvalue weighted by atomic mass is 16.2. The lowest BCUT2D eigenvalue weighted by Gasteiger charge is -2.34. The van der Waals surface area contributed by atoms with Gasteiger partial charge in [0, 0.05) is 39.3 Å². The first-order chi connectivity index (χ1) is 8.59. The van der Waals surface area contributed by atoms with Crippen molar-refractivity contribution in [1.82, 2.24) is 14.8 Å². The van der Waals surface area contributed by atoms with Crippen molar-refractivity contribution < 1.29 is 9.59 Å². The van der Waals surface area contributed by atoms with Crippen molar-refractivity contribution in [2.24, 2.45) is 0 Å². The summed E-state index contributed by atoms with van der Waals surface area (Å²) in [5.41, 5.74) is 6.59. The van der Waals surface area contributed by atoms with E-state index in [4.69, 9.17) is 5.73 Å². The van der Waals surface area contributed by atoms with Gasteiger partial charge in [-0.2, -0.15) is 0 Å². The molecule has 2 amide bonds. The van der Waals surface area contributed by atoms with Crippen LogP contribution >= 0.6 is 0 Å². The van der Waals surface area contributed by atoms with E-state index in [1.54, 1.807) is 29.0 Å². The van der Waals surface area contributed by atoms with E-state index in [2.05, 4.69) is 4.98 Å². The number of nitrogens with two attached hydrogens (primary N) is 1. The van der Waals surface area contributed by atoms with Gasteiger partial charge in [0.25, 0.3) is 5.91 Å². The van der Waals surface area contributed by atoms with Crippen molar-refractivity contribution in [3.63, 3.8) is 0 Å². The number of carbonyl (C=O) groups is 2. The normalized spacial score (nSPS) is 15.6. The molecule has 0 aromatic carbocycles. The first kappa shape index (κ1) is 12.3. The number of pyridine rings is 1. The number of nitrogen functional groups attached to an aromatic ring is 1. The molecule has 1 aromatic rings. The molecule has 0 atom stereocenters. The highest BCUT2D eigenvalue weighted by Crippen LogP contribution is 2.13. The Morgan fingerprint density at radius 3 is 2.39 bits per heavy atom. The molecule has 1 saturated heterocycles. The van der Waals surface area contributed by atoms with Crippen LogP contribution in [0.1, 0.15) is 17.3 Å². The minimum atomic E-state index is -0.0990. The van der Waals surface area contributed by atoms with Crippen LogP contribution in [-0.4, -0.2) is 52.8 Å². The molecule has 0 bridgehead atoms. The molecule has 1 aromatic heterocycles. The zero-order valence-corrected chi connectivity index (χ0v) is 10.3. The van der Waals surface area contributed by atoms with Crippen molar-refractivity contribution >= 4 is 17.5 Å². The van der Waals surface area contributed by atoms with Gasteiger partial charge in [-0.15, -0.1) is 0 Å². The van der Waals surface area contributed by atoms with E-state index >= 15 is 0 Å². The number of nitrogens with zero attached hydrogens (tertiary/aromatic N) is 3. The summed E-state index contributed by atoms with van der Waals surface area (Å²) >= 11 is 0. The lowest BCUT2D eigenvalue weighted by molar-refractivity contribution is -0.130. The Labute approximate surface area is 105 Å². The number of amides is 2. The molecule has 6 heteroatoms. The molecule has 1 aliphatic rings. The maximum atomic E-state index is 12.2. The third kappa shape index (κ3) is 2.42. The molecule has 2 heterocycles. The van der Waals surface area contributed by atoms with E-state index in [1.165, 1.54) is 6.20 Å². The van der Waals surface area contributed by atoms with Crippen LogP contribution in [0.2, 0.25) is 0 Å². The van der Waals surface area contributed by atoms with Crippen molar-refractivity contribution in [3.8, 4) is 0 Å². The predicted molar refractivity (Wildman–Crippen MR) is 66.8 cm³/mol. The van der Waals surface area contributed by atoms with Gasteiger partial charge in [0.15, 0.2) is 0 Å². The van der Waals surface area contributed by atoms with E-state index in [9.17, 15) is 9.59 Å². The molecule has 2 rings (SSSR count). The van der Waals surface area contributed by atoms with E-state index in [0.29, 0.717) is 37.4 Å². The fourth-order valence-electron chi connectivity index (χ4n) is 2.00. The lowest BCUT2D eigenvalue weighted by Crippen LogP contribution is -2.50. The van der Waals surface area contributed by atoms with Gasteiger partial charge in [0.05, 0.1) is 17.4 Å². The van der Waals surface area contributed by atoms with Crippen LogP contribution < -0.4 is 5.73 Å². The van der Waals surface area contributed by atoms with Crippen LogP contribution in [-0.2, 0) is 4.79 Å². The second kappa shape index (κ2) is 5.03. The molecule has 0 unspecified atom stereocenters. The monoisotopic (exact) mass is 248 g/mol. The topological polar surface area (TPSA) is 79.5 Å². The van der Waals surface area contributed by atoms with Gasteiger partial charge in [-0.1, -0.05) is 0 Å². The van der Waals surface area contributed by atoms with Crippen LogP contribution in [0.3, 0.4) is 0 Å². The Balaban J connectivity index is 2.04. The minimum Gasteiger partial charge on any atom is -0.397 e. The van der Waals surface area contributed by atoms with Gasteiger partial charge < -0.3 is 15.5 Å². The average Bonchev–Trinajstić information content (AvgIpc) is 2.38. The van der Waals surface area contributed by atoms with Gasteiger partial charge in [0.2, 0.25) is 5.91 Å². The molecule has 96 valence electrons. The summed E-state index contributed by atoms with van der Waals surface area (Å²) < 4.78 is 0. The SMILES string of the molecule is CC(=O)N1CCN(C(=O)c2ccncc2N)CC1. The second-order valence-electron chi connectivity index (χ2n) is 4.26. The molecule has 0 radical (unpaired) electrons. The van der Waals surface area contributed by atoms with Crippen LogP contribution in [0.5, 0.6) is 0 Å². The third-order valence-electron chi connectivity index (χ3n) is 3.09. The lowest BCUT2D eigenvalue weighted by atomic mass is 10.2. The maximum Gasteiger partial charge on any atom is 0.256 e. The Morgan fingerprint density at radius 1 is 1.22 bits per heavy atom. The number of hydrogen-bond acceptors (Lipinski definition) is 4. The zero-order chi connectivity index (χ0) is 13.1. The standard InChI is InChI=1S/C12H16N4O2/c1-9(17)15-4-6-16(7-5-15)12(18)10-2-3-14-8-11(10)13/h2-3,8H,4-7,13H2,1H3. The summed E-state index contributed by atoms with van der Waals surface area (Å²) in [7, 11) is 0. The number of piperazine rings is 1. The molecule has 1 fully saturated rings. The second-order valence-corrected chi connectivity index (χ2v) is 4.26. The van der Waals surface area contributed by atoms with Crippen LogP contribution in [0.25, 0.3) is 0 Å². The quantitative estimate of drug-likeness (QED) is 0.756. The first-order valence-corrected chi connectivity index (χ1v) is 5.84. The van der Waals surface area contributed by atoms with Crippen LogP contribution in [0.15, 0.2) is 18.5 Å². The van der Waals surface area contributed by atoms with Gasteiger partial charge in [-0.25, -0.2) is 0 Å². The summed E-state index contributed by atoms with van der Waals surface area (Å²) in [6.07, 6.45) is 3.02. The summed E-state index contributed by atoms with van der Waals surface area (Å²) in [6, 6.07) is 1.62. The molecular formula is C12H16N4O2. The van der Waals surface area contributed by atoms with Gasteiger partial charge in [0.1, 0.15) is 0 Å². The molecule has 6 nitrogen and oxygen atoms in total.